The molecule has 2 nitrogen and oxygen atoms in total. The van der Waals surface area contributed by atoms with Crippen molar-refractivity contribution < 1.29 is 31.5 Å². The average Bonchev–Trinajstić information content (AvgIpc) is 2.30. The first-order chi connectivity index (χ1) is 8.62. The number of carbonyl (C=O) groups excluding carboxylic acids is 1. The fraction of sp³-hybridized carbons (Fsp3) is 0.909. The minimum absolute atomic E-state index is 0.195. The summed E-state index contributed by atoms with van der Waals surface area (Å²) in [6.45, 7) is 1.65. The Kier molecular flexibility index (Phi) is 7.69. The Morgan fingerprint density at radius 2 is 1.74 bits per heavy atom. The van der Waals surface area contributed by atoms with Crippen LogP contribution in [-0.2, 0) is 9.53 Å². The van der Waals surface area contributed by atoms with Gasteiger partial charge in [0.2, 0.25) is 0 Å². The number of alkyl halides is 5. The summed E-state index contributed by atoms with van der Waals surface area (Å²) in [6, 6.07) is 0. The second kappa shape index (κ2) is 7.91. The van der Waals surface area contributed by atoms with Crippen LogP contribution < -0.4 is 0 Å². The Morgan fingerprint density at radius 3 is 2.21 bits per heavy atom. The van der Waals surface area contributed by atoms with Crippen LogP contribution in [0.4, 0.5) is 22.0 Å². The highest BCUT2D eigenvalue weighted by Crippen LogP contribution is 2.39. The average molecular weight is 308 g/mol. The quantitative estimate of drug-likeness (QED) is 0.384. The van der Waals surface area contributed by atoms with Crippen LogP contribution in [-0.4, -0.2) is 36.2 Å². The summed E-state index contributed by atoms with van der Waals surface area (Å²) in [4.78, 5) is 11.0. The maximum atomic E-state index is 12.5. The van der Waals surface area contributed by atoms with Crippen LogP contribution in [0.25, 0.3) is 0 Å². The van der Waals surface area contributed by atoms with Crippen LogP contribution in [0, 0.1) is 0 Å². The topological polar surface area (TPSA) is 26.3 Å². The van der Waals surface area contributed by atoms with Gasteiger partial charge in [0.05, 0.1) is 12.4 Å². The highest BCUT2D eigenvalue weighted by atomic mass is 32.2. The Morgan fingerprint density at radius 1 is 1.16 bits per heavy atom. The van der Waals surface area contributed by atoms with Crippen LogP contribution in [0.1, 0.15) is 32.6 Å². The molecule has 0 bridgehead atoms. The van der Waals surface area contributed by atoms with Crippen LogP contribution >= 0.6 is 11.8 Å². The normalized spacial score (nSPS) is 14.3. The van der Waals surface area contributed by atoms with Gasteiger partial charge in [-0.25, -0.2) is 0 Å². The minimum Gasteiger partial charge on any atom is -0.468 e. The number of carbonyl (C=O) groups is 1. The van der Waals surface area contributed by atoms with Crippen LogP contribution in [0.5, 0.6) is 0 Å². The van der Waals surface area contributed by atoms with E-state index in [4.69, 9.17) is 0 Å². The molecule has 0 amide bonds. The smallest absolute Gasteiger partial charge is 0.453 e. The molecule has 8 heteroatoms. The molecule has 0 aliphatic rings. The molecule has 0 heterocycles. The zero-order chi connectivity index (χ0) is 15.1. The Bertz CT molecular complexity index is 281. The van der Waals surface area contributed by atoms with Crippen molar-refractivity contribution in [3.63, 3.8) is 0 Å². The van der Waals surface area contributed by atoms with Gasteiger partial charge in [-0.3, -0.25) is 4.79 Å². The second-order valence-electron chi connectivity index (χ2n) is 4.05. The molecule has 0 saturated heterocycles. The van der Waals surface area contributed by atoms with Crippen molar-refractivity contribution in [2.24, 2.45) is 0 Å². The highest BCUT2D eigenvalue weighted by Gasteiger charge is 2.56. The molecule has 0 aliphatic heterocycles. The van der Waals surface area contributed by atoms with Gasteiger partial charge in [-0.15, -0.1) is 11.8 Å². The van der Waals surface area contributed by atoms with E-state index >= 15 is 0 Å². The molecule has 0 N–H and O–H groups in total. The number of halogens is 5. The van der Waals surface area contributed by atoms with Gasteiger partial charge < -0.3 is 4.74 Å². The lowest BCUT2D eigenvalue weighted by Crippen LogP contribution is -2.36. The van der Waals surface area contributed by atoms with Crippen molar-refractivity contribution in [1.82, 2.24) is 0 Å². The molecule has 1 atom stereocenters. The van der Waals surface area contributed by atoms with Gasteiger partial charge in [-0.05, 0) is 25.5 Å². The molecule has 0 rings (SSSR count). The Labute approximate surface area is 113 Å². The fourth-order valence-electron chi connectivity index (χ4n) is 1.26. The lowest BCUT2D eigenvalue weighted by Gasteiger charge is -2.19. The molecular weight excluding hydrogens is 291 g/mol. The summed E-state index contributed by atoms with van der Waals surface area (Å²) < 4.78 is 65.1. The van der Waals surface area contributed by atoms with E-state index < -0.39 is 18.5 Å². The van der Waals surface area contributed by atoms with Crippen molar-refractivity contribution in [3.8, 4) is 0 Å². The molecular formula is C11H17F5O2S. The number of methoxy groups -OCH3 is 1. The summed E-state index contributed by atoms with van der Waals surface area (Å²) in [5.41, 5.74) is 0. The molecule has 0 radical (unpaired) electrons. The maximum absolute atomic E-state index is 12.5. The number of hydrogen-bond acceptors (Lipinski definition) is 3. The molecule has 0 spiro atoms. The monoisotopic (exact) mass is 308 g/mol. The van der Waals surface area contributed by atoms with Crippen molar-refractivity contribution in [2.45, 2.75) is 50.0 Å². The molecule has 1 unspecified atom stereocenters. The van der Waals surface area contributed by atoms with Crippen molar-refractivity contribution >= 4 is 17.7 Å². The molecule has 114 valence electrons. The van der Waals surface area contributed by atoms with Crippen LogP contribution in [0.3, 0.4) is 0 Å². The summed E-state index contributed by atoms with van der Waals surface area (Å²) >= 11 is 1.29. The lowest BCUT2D eigenvalue weighted by atomic mass is 10.1. The van der Waals surface area contributed by atoms with E-state index in [1.165, 1.54) is 18.9 Å². The molecule has 0 aliphatic carbocycles. The van der Waals surface area contributed by atoms with E-state index in [1.54, 1.807) is 6.92 Å². The van der Waals surface area contributed by atoms with E-state index in [9.17, 15) is 26.7 Å². The molecule has 0 aromatic rings. The third-order valence-corrected chi connectivity index (χ3v) is 3.67. The third-order valence-electron chi connectivity index (χ3n) is 2.45. The fourth-order valence-corrected chi connectivity index (χ4v) is 2.22. The van der Waals surface area contributed by atoms with Crippen molar-refractivity contribution in [1.29, 1.82) is 0 Å². The van der Waals surface area contributed by atoms with Gasteiger partial charge in [0.15, 0.2) is 0 Å². The number of unbranched alkanes of at least 4 members (excludes halogenated alkanes) is 2. The predicted octanol–water partition coefficient (Wildman–Crippen LogP) is 4.04. The highest BCUT2D eigenvalue weighted by molar-refractivity contribution is 8.00. The largest absolute Gasteiger partial charge is 0.468 e. The molecule has 0 saturated carbocycles. The van der Waals surface area contributed by atoms with Gasteiger partial charge in [0, 0.05) is 6.42 Å². The molecule has 19 heavy (non-hydrogen) atoms. The molecule has 0 aromatic carbocycles. The Hall–Kier alpha value is -0.530. The van der Waals surface area contributed by atoms with E-state index in [2.05, 4.69) is 4.74 Å². The van der Waals surface area contributed by atoms with Crippen LogP contribution in [0.15, 0.2) is 0 Å². The summed E-state index contributed by atoms with van der Waals surface area (Å²) in [5.74, 6) is -4.47. The van der Waals surface area contributed by atoms with Gasteiger partial charge >= 0.3 is 18.1 Å². The SMILES string of the molecule is COC(=O)C(C)SCCCCCC(F)(F)C(F)(F)F. The standard InChI is InChI=1S/C11H17F5O2S/c1-8(9(17)18-2)19-7-5-3-4-6-10(12,13)11(14,15)16/h8H,3-7H2,1-2H3. The van der Waals surface area contributed by atoms with Gasteiger partial charge in [-0.2, -0.15) is 22.0 Å². The van der Waals surface area contributed by atoms with Crippen molar-refractivity contribution in [2.75, 3.05) is 12.9 Å². The number of thioether (sulfide) groups is 1. The first kappa shape index (κ1) is 18.5. The lowest BCUT2D eigenvalue weighted by molar-refractivity contribution is -0.284. The van der Waals surface area contributed by atoms with Gasteiger partial charge in [0.25, 0.3) is 0 Å². The maximum Gasteiger partial charge on any atom is 0.453 e. The van der Waals surface area contributed by atoms with E-state index in [0.717, 1.165) is 0 Å². The zero-order valence-electron chi connectivity index (χ0n) is 10.7. The van der Waals surface area contributed by atoms with Gasteiger partial charge in [0.1, 0.15) is 0 Å². The summed E-state index contributed by atoms with van der Waals surface area (Å²) in [5, 5.41) is -0.360. The molecule has 0 aromatic heterocycles. The van der Waals surface area contributed by atoms with E-state index in [-0.39, 0.29) is 24.1 Å². The number of ether oxygens (including phenoxy) is 1. The third kappa shape index (κ3) is 6.98. The van der Waals surface area contributed by atoms with Crippen molar-refractivity contribution in [3.05, 3.63) is 0 Å². The van der Waals surface area contributed by atoms with E-state index in [1.807, 2.05) is 0 Å². The number of esters is 1. The van der Waals surface area contributed by atoms with Crippen LogP contribution in [0.2, 0.25) is 0 Å². The second-order valence-corrected chi connectivity index (χ2v) is 5.50. The molecule has 0 fully saturated rings. The van der Waals surface area contributed by atoms with E-state index in [0.29, 0.717) is 12.2 Å². The number of hydrogen-bond donors (Lipinski definition) is 0. The minimum atomic E-state index is -5.47. The predicted molar refractivity (Wildman–Crippen MR) is 63.4 cm³/mol. The first-order valence-corrected chi connectivity index (χ1v) is 6.80. The summed E-state index contributed by atoms with van der Waals surface area (Å²) in [6.07, 6.45) is -6.10. The van der Waals surface area contributed by atoms with Gasteiger partial charge in [-0.1, -0.05) is 6.42 Å². The summed E-state index contributed by atoms with van der Waals surface area (Å²) in [7, 11) is 1.26. The first-order valence-electron chi connectivity index (χ1n) is 5.76. The zero-order valence-corrected chi connectivity index (χ0v) is 11.5. The number of rotatable bonds is 8. The Balaban J connectivity index is 3.70.